The summed E-state index contributed by atoms with van der Waals surface area (Å²) in [7, 11) is 2.92. The van der Waals surface area contributed by atoms with Crippen LogP contribution in [0.2, 0.25) is 0 Å². The van der Waals surface area contributed by atoms with Crippen LogP contribution in [0, 0.1) is 0 Å². The topological polar surface area (TPSA) is 103 Å². The lowest BCUT2D eigenvalue weighted by molar-refractivity contribution is -0.121. The summed E-state index contributed by atoms with van der Waals surface area (Å²) in [5.74, 6) is 0.982. The van der Waals surface area contributed by atoms with Crippen molar-refractivity contribution in [1.82, 2.24) is 24.0 Å². The Morgan fingerprint density at radius 1 is 1.08 bits per heavy atom. The summed E-state index contributed by atoms with van der Waals surface area (Å²) in [6.07, 6.45) is 1.33. The van der Waals surface area contributed by atoms with E-state index in [0.29, 0.717) is 43.6 Å². The highest BCUT2D eigenvalue weighted by molar-refractivity contribution is 6.18. The Kier molecular flexibility index (Phi) is 7.10. The number of carbonyl (C=O) groups excluding carboxylic acids is 1. The molecule has 11 heteroatoms. The molecule has 0 unspecified atom stereocenters. The van der Waals surface area contributed by atoms with Crippen molar-refractivity contribution in [2.75, 3.05) is 30.2 Å². The van der Waals surface area contributed by atoms with Crippen LogP contribution in [0.4, 0.5) is 5.95 Å². The van der Waals surface area contributed by atoms with Gasteiger partial charge >= 0.3 is 5.69 Å². The predicted molar refractivity (Wildman–Crippen MR) is 102 cm³/mol. The van der Waals surface area contributed by atoms with Crippen LogP contribution < -0.4 is 21.9 Å². The van der Waals surface area contributed by atoms with Crippen molar-refractivity contribution < 1.29 is 4.79 Å². The van der Waals surface area contributed by atoms with Crippen LogP contribution in [0.1, 0.15) is 12.8 Å². The van der Waals surface area contributed by atoms with Gasteiger partial charge in [-0.15, -0.1) is 23.2 Å². The molecule has 0 aromatic carbocycles. The molecule has 0 saturated carbocycles. The van der Waals surface area contributed by atoms with Crippen LogP contribution in [-0.2, 0) is 25.4 Å². The molecule has 0 fully saturated rings. The number of hydrogen-bond donors (Lipinski definition) is 2. The van der Waals surface area contributed by atoms with Gasteiger partial charge < -0.3 is 10.6 Å². The van der Waals surface area contributed by atoms with Crippen molar-refractivity contribution in [1.29, 1.82) is 0 Å². The number of imidazole rings is 1. The molecular formula is C15H22Cl2N6O3. The Bertz CT molecular complexity index is 901. The normalized spacial score (nSPS) is 11.1. The zero-order valence-electron chi connectivity index (χ0n) is 14.7. The first-order chi connectivity index (χ1) is 12.4. The van der Waals surface area contributed by atoms with Gasteiger partial charge in [0.1, 0.15) is 6.54 Å². The summed E-state index contributed by atoms with van der Waals surface area (Å²) in [6.45, 7) is 0.866. The van der Waals surface area contributed by atoms with E-state index >= 15 is 0 Å². The summed E-state index contributed by atoms with van der Waals surface area (Å²) in [5, 5.41) is 5.82. The first-order valence-corrected chi connectivity index (χ1v) is 9.28. The molecular weight excluding hydrogens is 383 g/mol. The minimum absolute atomic E-state index is 0.102. The molecule has 26 heavy (non-hydrogen) atoms. The standard InChI is InChI=1S/C15H22Cl2N6O3/c1-21-12-11(13(25)22(2)15(21)26)23(9-10(24)18-7-3-5-16)14(20-12)19-8-4-6-17/h3-9H2,1-2H3,(H,18,24)(H,19,20). The quantitative estimate of drug-likeness (QED) is 0.459. The summed E-state index contributed by atoms with van der Waals surface area (Å²) in [5.41, 5.74) is -0.573. The van der Waals surface area contributed by atoms with E-state index in [9.17, 15) is 14.4 Å². The highest BCUT2D eigenvalue weighted by Gasteiger charge is 2.20. The van der Waals surface area contributed by atoms with Gasteiger partial charge in [0.2, 0.25) is 11.9 Å². The van der Waals surface area contributed by atoms with Gasteiger partial charge in [0.15, 0.2) is 11.2 Å². The number of alkyl halides is 2. The smallest absolute Gasteiger partial charge is 0.332 e. The SMILES string of the molecule is Cn1c(=O)c2c(nc(NCCCCl)n2CC(=O)NCCCCl)n(C)c1=O. The van der Waals surface area contributed by atoms with Crippen molar-refractivity contribution in [3.63, 3.8) is 0 Å². The van der Waals surface area contributed by atoms with E-state index in [1.54, 1.807) is 0 Å². The van der Waals surface area contributed by atoms with Crippen molar-refractivity contribution in [3.05, 3.63) is 20.8 Å². The Balaban J connectivity index is 2.49. The predicted octanol–water partition coefficient (Wildman–Crippen LogP) is 0.220. The van der Waals surface area contributed by atoms with E-state index in [4.69, 9.17) is 23.2 Å². The molecule has 0 saturated heterocycles. The molecule has 2 aromatic rings. The fourth-order valence-corrected chi connectivity index (χ4v) is 2.76. The molecule has 0 radical (unpaired) electrons. The monoisotopic (exact) mass is 404 g/mol. The van der Waals surface area contributed by atoms with Crippen molar-refractivity contribution in [2.24, 2.45) is 14.1 Å². The molecule has 2 heterocycles. The fraction of sp³-hybridized carbons (Fsp3) is 0.600. The number of carbonyl (C=O) groups is 1. The van der Waals surface area contributed by atoms with Crippen LogP contribution in [0.15, 0.2) is 9.59 Å². The average molecular weight is 405 g/mol. The number of halogens is 2. The highest BCUT2D eigenvalue weighted by atomic mass is 35.5. The first kappa shape index (κ1) is 20.3. The first-order valence-electron chi connectivity index (χ1n) is 8.21. The molecule has 0 spiro atoms. The number of nitrogens with one attached hydrogen (secondary N) is 2. The maximum atomic E-state index is 12.6. The lowest BCUT2D eigenvalue weighted by Crippen LogP contribution is -2.38. The van der Waals surface area contributed by atoms with Crippen LogP contribution in [0.3, 0.4) is 0 Å². The van der Waals surface area contributed by atoms with Crippen LogP contribution in [0.25, 0.3) is 11.2 Å². The third-order valence-corrected chi connectivity index (χ3v) is 4.41. The number of nitrogens with zero attached hydrogens (tertiary/aromatic N) is 4. The zero-order valence-corrected chi connectivity index (χ0v) is 16.2. The van der Waals surface area contributed by atoms with Gasteiger partial charge in [0.05, 0.1) is 0 Å². The molecule has 2 rings (SSSR count). The van der Waals surface area contributed by atoms with Gasteiger partial charge in [0, 0.05) is 38.9 Å². The highest BCUT2D eigenvalue weighted by Crippen LogP contribution is 2.15. The molecule has 9 nitrogen and oxygen atoms in total. The third kappa shape index (κ3) is 4.21. The minimum Gasteiger partial charge on any atom is -0.356 e. The minimum atomic E-state index is -0.505. The number of fused-ring (bicyclic) bond motifs is 1. The number of anilines is 1. The maximum Gasteiger partial charge on any atom is 0.332 e. The Morgan fingerprint density at radius 2 is 1.73 bits per heavy atom. The number of hydrogen-bond acceptors (Lipinski definition) is 5. The van der Waals surface area contributed by atoms with E-state index < -0.39 is 11.2 Å². The number of aryl methyl sites for hydroxylation is 1. The van der Waals surface area contributed by atoms with Crippen LogP contribution in [0.5, 0.6) is 0 Å². The molecule has 0 aliphatic carbocycles. The van der Waals surface area contributed by atoms with Gasteiger partial charge in [-0.1, -0.05) is 0 Å². The molecule has 0 aliphatic heterocycles. The maximum absolute atomic E-state index is 12.6. The van der Waals surface area contributed by atoms with E-state index in [-0.39, 0.29) is 23.6 Å². The van der Waals surface area contributed by atoms with Crippen molar-refractivity contribution >= 4 is 46.2 Å². The Hall–Kier alpha value is -2.00. The molecule has 1 amide bonds. The number of aromatic nitrogens is 4. The average Bonchev–Trinajstić information content (AvgIpc) is 2.97. The summed E-state index contributed by atoms with van der Waals surface area (Å²) < 4.78 is 3.77. The summed E-state index contributed by atoms with van der Waals surface area (Å²) in [6, 6.07) is 0. The molecule has 2 aromatic heterocycles. The van der Waals surface area contributed by atoms with Gasteiger partial charge in [-0.25, -0.2) is 4.79 Å². The zero-order chi connectivity index (χ0) is 19.3. The Morgan fingerprint density at radius 3 is 2.38 bits per heavy atom. The van der Waals surface area contributed by atoms with E-state index in [2.05, 4.69) is 15.6 Å². The molecule has 2 N–H and O–H groups in total. The van der Waals surface area contributed by atoms with Crippen LogP contribution >= 0.6 is 23.2 Å². The van der Waals surface area contributed by atoms with E-state index in [0.717, 1.165) is 4.57 Å². The lowest BCUT2D eigenvalue weighted by Gasteiger charge is -2.11. The van der Waals surface area contributed by atoms with Gasteiger partial charge in [-0.3, -0.25) is 23.3 Å². The van der Waals surface area contributed by atoms with Crippen LogP contribution in [-0.4, -0.2) is 49.4 Å². The Labute approximate surface area is 159 Å². The van der Waals surface area contributed by atoms with Crippen molar-refractivity contribution in [2.45, 2.75) is 19.4 Å². The number of amides is 1. The fourth-order valence-electron chi connectivity index (χ4n) is 2.50. The molecule has 0 aliphatic rings. The lowest BCUT2D eigenvalue weighted by atomic mass is 10.4. The van der Waals surface area contributed by atoms with E-state index in [1.165, 1.54) is 23.2 Å². The number of rotatable bonds is 9. The van der Waals surface area contributed by atoms with Crippen molar-refractivity contribution in [3.8, 4) is 0 Å². The third-order valence-electron chi connectivity index (χ3n) is 3.88. The second kappa shape index (κ2) is 9.09. The summed E-state index contributed by atoms with van der Waals surface area (Å²) in [4.78, 5) is 41.3. The molecule has 0 bridgehead atoms. The molecule has 0 atom stereocenters. The van der Waals surface area contributed by atoms with E-state index in [1.807, 2.05) is 0 Å². The summed E-state index contributed by atoms with van der Waals surface area (Å²) >= 11 is 11.3. The second-order valence-electron chi connectivity index (χ2n) is 5.76. The van der Waals surface area contributed by atoms with Gasteiger partial charge in [-0.05, 0) is 12.8 Å². The molecule has 144 valence electrons. The van der Waals surface area contributed by atoms with Gasteiger partial charge in [0.25, 0.3) is 5.56 Å². The second-order valence-corrected chi connectivity index (χ2v) is 6.52. The largest absolute Gasteiger partial charge is 0.356 e. The van der Waals surface area contributed by atoms with Gasteiger partial charge in [-0.2, -0.15) is 4.98 Å².